The number of amides is 1. The number of phenolic OH excluding ortho intramolecular Hbond substituents is 1. The van der Waals surface area contributed by atoms with Crippen LogP contribution in [0, 0.1) is 6.92 Å². The van der Waals surface area contributed by atoms with Gasteiger partial charge in [0.05, 0.1) is 23.2 Å². The lowest BCUT2D eigenvalue weighted by atomic mass is 10.1. The molecule has 5 rings (SSSR count). The molecule has 0 aliphatic carbocycles. The number of piperazine rings is 1. The van der Waals surface area contributed by atoms with Crippen LogP contribution >= 0.6 is 0 Å². The molecular weight excluding hydrogens is 404 g/mol. The summed E-state index contributed by atoms with van der Waals surface area (Å²) < 4.78 is 5.60. The van der Waals surface area contributed by atoms with Gasteiger partial charge in [0.1, 0.15) is 17.2 Å². The van der Waals surface area contributed by atoms with E-state index in [4.69, 9.17) is 14.7 Å². The predicted molar refractivity (Wildman–Crippen MR) is 124 cm³/mol. The highest BCUT2D eigenvalue weighted by atomic mass is 16.6. The number of hydrogen-bond donors (Lipinski definition) is 1. The monoisotopic (exact) mass is 432 g/mol. The Hall–Kier alpha value is -3.35. The first-order valence-electron chi connectivity index (χ1n) is 11.0. The molecule has 7 heteroatoms. The summed E-state index contributed by atoms with van der Waals surface area (Å²) in [4.78, 5) is 26.5. The minimum atomic E-state index is -0.508. The first kappa shape index (κ1) is 20.5. The van der Waals surface area contributed by atoms with E-state index in [2.05, 4.69) is 17.0 Å². The summed E-state index contributed by atoms with van der Waals surface area (Å²) in [6, 6.07) is 13.6. The highest BCUT2D eigenvalue weighted by Crippen LogP contribution is 2.39. The molecule has 0 radical (unpaired) electrons. The van der Waals surface area contributed by atoms with Gasteiger partial charge in [-0.15, -0.1) is 0 Å². The fourth-order valence-electron chi connectivity index (χ4n) is 4.70. The summed E-state index contributed by atoms with van der Waals surface area (Å²) in [5.41, 5.74) is 2.06. The van der Waals surface area contributed by atoms with Crippen LogP contribution in [0.4, 0.5) is 10.6 Å². The number of aromatic hydroxyl groups is 1. The average Bonchev–Trinajstić information content (AvgIpc) is 3.33. The number of nitrogens with zero attached hydrogens (tertiary/aromatic N) is 4. The Bertz CT molecular complexity index is 1200. The van der Waals surface area contributed by atoms with Crippen LogP contribution in [0.1, 0.15) is 32.8 Å². The SMILES string of the molecule is Cc1ccc2c(N3CC4CC3CN4C(=O)OC(C)(C)C)nc(-c3ccccc3O)nc2c1. The van der Waals surface area contributed by atoms with Gasteiger partial charge in [-0.2, -0.15) is 0 Å². The molecule has 1 amide bonds. The second kappa shape index (κ2) is 7.36. The normalized spacial score (nSPS) is 20.2. The molecule has 2 aliphatic rings. The average molecular weight is 433 g/mol. The zero-order valence-corrected chi connectivity index (χ0v) is 18.9. The van der Waals surface area contributed by atoms with Gasteiger partial charge in [-0.3, -0.25) is 0 Å². The smallest absolute Gasteiger partial charge is 0.410 e. The van der Waals surface area contributed by atoms with E-state index in [1.54, 1.807) is 12.1 Å². The number of carbonyl (C=O) groups excluding carboxylic acids is 1. The number of aromatic nitrogens is 2. The highest BCUT2D eigenvalue weighted by molar-refractivity contribution is 5.92. The Morgan fingerprint density at radius 1 is 1.09 bits per heavy atom. The zero-order valence-electron chi connectivity index (χ0n) is 18.9. The van der Waals surface area contributed by atoms with Crippen molar-refractivity contribution in [1.82, 2.24) is 14.9 Å². The van der Waals surface area contributed by atoms with Crippen molar-refractivity contribution < 1.29 is 14.6 Å². The van der Waals surface area contributed by atoms with E-state index >= 15 is 0 Å². The summed E-state index contributed by atoms with van der Waals surface area (Å²) in [7, 11) is 0. The largest absolute Gasteiger partial charge is 0.507 e. The van der Waals surface area contributed by atoms with Gasteiger partial charge in [0.15, 0.2) is 5.82 Å². The zero-order chi connectivity index (χ0) is 22.6. The predicted octanol–water partition coefficient (Wildman–Crippen LogP) is 4.51. The molecule has 7 nitrogen and oxygen atoms in total. The molecule has 3 heterocycles. The Morgan fingerprint density at radius 2 is 1.88 bits per heavy atom. The van der Waals surface area contributed by atoms with Crippen LogP contribution in [0.25, 0.3) is 22.3 Å². The number of hydrogen-bond acceptors (Lipinski definition) is 6. The molecule has 2 aromatic carbocycles. The second-order valence-electron chi connectivity index (χ2n) is 9.74. The number of anilines is 1. The summed E-state index contributed by atoms with van der Waals surface area (Å²) in [5.74, 6) is 1.51. The number of likely N-dealkylation sites (tertiary alicyclic amines) is 1. The van der Waals surface area contributed by atoms with Crippen LogP contribution in [-0.2, 0) is 4.74 Å². The third-order valence-electron chi connectivity index (χ3n) is 6.12. The maximum Gasteiger partial charge on any atom is 0.410 e. The van der Waals surface area contributed by atoms with E-state index in [0.29, 0.717) is 24.5 Å². The number of benzene rings is 2. The molecule has 1 aromatic heterocycles. The van der Waals surface area contributed by atoms with Crippen LogP contribution in [0.2, 0.25) is 0 Å². The molecule has 2 atom stereocenters. The maximum absolute atomic E-state index is 12.7. The number of rotatable bonds is 2. The first-order valence-corrected chi connectivity index (χ1v) is 11.0. The molecule has 2 unspecified atom stereocenters. The third-order valence-corrected chi connectivity index (χ3v) is 6.12. The molecule has 1 N–H and O–H groups in total. The Balaban J connectivity index is 1.52. The fourth-order valence-corrected chi connectivity index (χ4v) is 4.70. The molecule has 3 aromatic rings. The fraction of sp³-hybridized carbons (Fsp3) is 0.400. The molecule has 0 spiro atoms. The van der Waals surface area contributed by atoms with Gasteiger partial charge >= 0.3 is 6.09 Å². The van der Waals surface area contributed by atoms with Crippen molar-refractivity contribution in [2.45, 2.75) is 51.8 Å². The van der Waals surface area contributed by atoms with E-state index in [0.717, 1.165) is 28.7 Å². The van der Waals surface area contributed by atoms with Crippen molar-refractivity contribution in [3.63, 3.8) is 0 Å². The summed E-state index contributed by atoms with van der Waals surface area (Å²) in [5, 5.41) is 11.4. The number of fused-ring (bicyclic) bond motifs is 3. The van der Waals surface area contributed by atoms with E-state index in [9.17, 15) is 9.90 Å². The van der Waals surface area contributed by atoms with Gasteiger partial charge in [-0.1, -0.05) is 18.2 Å². The van der Waals surface area contributed by atoms with Gasteiger partial charge < -0.3 is 19.6 Å². The number of ether oxygens (including phenoxy) is 1. The van der Waals surface area contributed by atoms with E-state index in [1.165, 1.54) is 0 Å². The van der Waals surface area contributed by atoms with Crippen molar-refractivity contribution in [3.8, 4) is 17.1 Å². The van der Waals surface area contributed by atoms with Crippen LogP contribution in [0.15, 0.2) is 42.5 Å². The Morgan fingerprint density at radius 3 is 2.56 bits per heavy atom. The van der Waals surface area contributed by atoms with Gasteiger partial charge in [0, 0.05) is 18.5 Å². The molecule has 0 saturated carbocycles. The summed E-state index contributed by atoms with van der Waals surface area (Å²) in [6.45, 7) is 9.02. The van der Waals surface area contributed by atoms with Gasteiger partial charge in [-0.05, 0) is 63.9 Å². The van der Waals surface area contributed by atoms with Crippen LogP contribution in [0.5, 0.6) is 5.75 Å². The number of phenols is 1. The van der Waals surface area contributed by atoms with Gasteiger partial charge in [0.25, 0.3) is 0 Å². The summed E-state index contributed by atoms with van der Waals surface area (Å²) >= 11 is 0. The van der Waals surface area contributed by atoms with E-state index < -0.39 is 5.60 Å². The Labute approximate surface area is 187 Å². The van der Waals surface area contributed by atoms with Crippen LogP contribution in [0.3, 0.4) is 0 Å². The molecule has 2 fully saturated rings. The van der Waals surface area contributed by atoms with E-state index in [-0.39, 0.29) is 23.9 Å². The first-order chi connectivity index (χ1) is 15.2. The molecule has 2 bridgehead atoms. The standard InChI is InChI=1S/C25H28N4O3/c1-15-9-10-18-20(11-15)26-22(19-7-5-6-8-21(19)30)27-23(18)28-13-17-12-16(28)14-29(17)24(31)32-25(2,3)4/h5-11,16-17,30H,12-14H2,1-4H3. The lowest BCUT2D eigenvalue weighted by Crippen LogP contribution is -2.50. The topological polar surface area (TPSA) is 78.8 Å². The molecular formula is C25H28N4O3. The number of aryl methyl sites for hydroxylation is 1. The second-order valence-corrected chi connectivity index (χ2v) is 9.74. The van der Waals surface area contributed by atoms with Crippen LogP contribution < -0.4 is 4.90 Å². The lowest BCUT2D eigenvalue weighted by molar-refractivity contribution is 0.0214. The van der Waals surface area contributed by atoms with Crippen molar-refractivity contribution in [2.75, 3.05) is 18.0 Å². The van der Waals surface area contributed by atoms with Gasteiger partial charge in [-0.25, -0.2) is 14.8 Å². The number of carbonyl (C=O) groups is 1. The third kappa shape index (κ3) is 3.61. The summed E-state index contributed by atoms with van der Waals surface area (Å²) in [6.07, 6.45) is 0.644. The van der Waals surface area contributed by atoms with Crippen molar-refractivity contribution >= 4 is 22.8 Å². The maximum atomic E-state index is 12.7. The van der Waals surface area contributed by atoms with Gasteiger partial charge in [0.2, 0.25) is 0 Å². The van der Waals surface area contributed by atoms with Crippen molar-refractivity contribution in [1.29, 1.82) is 0 Å². The van der Waals surface area contributed by atoms with Crippen molar-refractivity contribution in [3.05, 3.63) is 48.0 Å². The molecule has 166 valence electrons. The molecule has 2 saturated heterocycles. The van der Waals surface area contributed by atoms with Crippen LogP contribution in [-0.4, -0.2) is 56.8 Å². The molecule has 2 aliphatic heterocycles. The lowest BCUT2D eigenvalue weighted by Gasteiger charge is -2.36. The minimum Gasteiger partial charge on any atom is -0.507 e. The minimum absolute atomic E-state index is 0.0962. The number of para-hydroxylation sites is 1. The van der Waals surface area contributed by atoms with Crippen molar-refractivity contribution in [2.24, 2.45) is 0 Å². The highest BCUT2D eigenvalue weighted by Gasteiger charge is 2.47. The molecule has 32 heavy (non-hydrogen) atoms. The quantitative estimate of drug-likeness (QED) is 0.642. The Kier molecular flexibility index (Phi) is 4.73. The van der Waals surface area contributed by atoms with E-state index in [1.807, 2.05) is 50.8 Å².